The molecule has 192 valence electrons. The summed E-state index contributed by atoms with van der Waals surface area (Å²) in [6.07, 6.45) is 5.65. The zero-order valence-electron chi connectivity index (χ0n) is 19.6. The van der Waals surface area contributed by atoms with E-state index in [4.69, 9.17) is 4.74 Å². The van der Waals surface area contributed by atoms with Crippen molar-refractivity contribution in [2.24, 2.45) is 5.92 Å². The van der Waals surface area contributed by atoms with Gasteiger partial charge >= 0.3 is 0 Å². The molecule has 8 heteroatoms. The predicted octanol–water partition coefficient (Wildman–Crippen LogP) is 8.98. The van der Waals surface area contributed by atoms with Crippen LogP contribution in [0.5, 0.6) is 5.75 Å². The highest BCUT2D eigenvalue weighted by Gasteiger charge is 2.27. The molecule has 36 heavy (non-hydrogen) atoms. The molecule has 1 saturated carbocycles. The van der Waals surface area contributed by atoms with Gasteiger partial charge in [-0.3, -0.25) is 0 Å². The summed E-state index contributed by atoms with van der Waals surface area (Å²) in [7, 11) is 0. The number of hydrogen-bond acceptors (Lipinski definition) is 1. The van der Waals surface area contributed by atoms with Crippen molar-refractivity contribution in [2.45, 2.75) is 58.0 Å². The lowest BCUT2D eigenvalue weighted by Crippen LogP contribution is -2.15. The SMILES string of the molecule is CCCC1CCC(c2ccc(-c3cc(F)c(OCc4cc(F)c(F)c(F)c4)c(F)c3)c(F)c2F)CC1. The van der Waals surface area contributed by atoms with E-state index < -0.39 is 53.1 Å². The van der Waals surface area contributed by atoms with Crippen LogP contribution in [-0.2, 0) is 6.61 Å². The molecule has 3 aromatic carbocycles. The molecule has 0 aliphatic heterocycles. The summed E-state index contributed by atoms with van der Waals surface area (Å²) in [5, 5.41) is 0. The van der Waals surface area contributed by atoms with E-state index in [2.05, 4.69) is 6.92 Å². The van der Waals surface area contributed by atoms with E-state index in [1.54, 1.807) is 0 Å². The van der Waals surface area contributed by atoms with Gasteiger partial charge in [-0.05, 0) is 78.5 Å². The zero-order valence-corrected chi connectivity index (χ0v) is 19.6. The molecule has 3 aromatic rings. The second kappa shape index (κ2) is 10.9. The van der Waals surface area contributed by atoms with Crippen LogP contribution in [0.2, 0.25) is 0 Å². The minimum atomic E-state index is -1.68. The van der Waals surface area contributed by atoms with E-state index in [-0.39, 0.29) is 28.2 Å². The van der Waals surface area contributed by atoms with Gasteiger partial charge in [0.2, 0.25) is 0 Å². The lowest BCUT2D eigenvalue weighted by atomic mass is 9.77. The smallest absolute Gasteiger partial charge is 0.194 e. The number of hydrogen-bond donors (Lipinski definition) is 0. The van der Waals surface area contributed by atoms with E-state index in [0.29, 0.717) is 18.1 Å². The Bertz CT molecular complexity index is 1200. The Kier molecular flexibility index (Phi) is 7.91. The van der Waals surface area contributed by atoms with Crippen LogP contribution >= 0.6 is 0 Å². The summed E-state index contributed by atoms with van der Waals surface area (Å²) in [5.41, 5.74) is -0.457. The first-order valence-corrected chi connectivity index (χ1v) is 11.9. The maximum absolute atomic E-state index is 15.0. The van der Waals surface area contributed by atoms with Crippen molar-refractivity contribution in [3.05, 3.63) is 88.2 Å². The molecule has 0 N–H and O–H groups in total. The van der Waals surface area contributed by atoms with E-state index in [1.165, 1.54) is 12.1 Å². The number of halogens is 7. The zero-order chi connectivity index (χ0) is 26.0. The van der Waals surface area contributed by atoms with Crippen LogP contribution in [0, 0.1) is 46.6 Å². The van der Waals surface area contributed by atoms with E-state index in [9.17, 15) is 30.7 Å². The monoisotopic (exact) mass is 510 g/mol. The van der Waals surface area contributed by atoms with Crippen LogP contribution in [0.1, 0.15) is 62.5 Å². The van der Waals surface area contributed by atoms with Crippen LogP contribution in [0.3, 0.4) is 0 Å². The fourth-order valence-corrected chi connectivity index (χ4v) is 4.97. The van der Waals surface area contributed by atoms with Crippen molar-refractivity contribution in [1.82, 2.24) is 0 Å². The average molecular weight is 510 g/mol. The van der Waals surface area contributed by atoms with Gasteiger partial charge < -0.3 is 4.74 Å². The van der Waals surface area contributed by atoms with Crippen molar-refractivity contribution in [2.75, 3.05) is 0 Å². The van der Waals surface area contributed by atoms with Gasteiger partial charge in [-0.2, -0.15) is 0 Å². The van der Waals surface area contributed by atoms with E-state index in [1.807, 2.05) is 0 Å². The number of ether oxygens (including phenoxy) is 1. The third kappa shape index (κ3) is 5.37. The molecule has 0 atom stereocenters. The topological polar surface area (TPSA) is 9.23 Å². The summed E-state index contributed by atoms with van der Waals surface area (Å²) < 4.78 is 104. The molecule has 1 nitrogen and oxygen atoms in total. The molecule has 0 radical (unpaired) electrons. The molecule has 1 aliphatic rings. The van der Waals surface area contributed by atoms with Crippen LogP contribution in [0.4, 0.5) is 30.7 Å². The normalized spacial score (nSPS) is 17.9. The fourth-order valence-electron chi connectivity index (χ4n) is 4.97. The summed E-state index contributed by atoms with van der Waals surface area (Å²) in [6, 6.07) is 5.63. The summed E-state index contributed by atoms with van der Waals surface area (Å²) >= 11 is 0. The highest BCUT2D eigenvalue weighted by Crippen LogP contribution is 2.40. The minimum Gasteiger partial charge on any atom is -0.483 e. The largest absolute Gasteiger partial charge is 0.483 e. The van der Waals surface area contributed by atoms with Gasteiger partial charge in [0.15, 0.2) is 46.5 Å². The van der Waals surface area contributed by atoms with E-state index >= 15 is 0 Å². The number of benzene rings is 3. The molecule has 0 saturated heterocycles. The van der Waals surface area contributed by atoms with Crippen LogP contribution in [-0.4, -0.2) is 0 Å². The second-order valence-electron chi connectivity index (χ2n) is 9.27. The van der Waals surface area contributed by atoms with Gasteiger partial charge in [-0.15, -0.1) is 0 Å². The highest BCUT2D eigenvalue weighted by molar-refractivity contribution is 5.66. The first kappa shape index (κ1) is 26.0. The Labute approximate surface area is 204 Å². The number of rotatable bonds is 7. The van der Waals surface area contributed by atoms with Crippen molar-refractivity contribution in [3.8, 4) is 16.9 Å². The minimum absolute atomic E-state index is 0.105. The molecule has 0 bridgehead atoms. The molecular weight excluding hydrogens is 485 g/mol. The quantitative estimate of drug-likeness (QED) is 0.228. The third-order valence-electron chi connectivity index (χ3n) is 6.83. The second-order valence-corrected chi connectivity index (χ2v) is 9.27. The van der Waals surface area contributed by atoms with Gasteiger partial charge in [0.05, 0.1) is 0 Å². The molecule has 0 amide bonds. The molecule has 0 unspecified atom stereocenters. The molecule has 0 heterocycles. The van der Waals surface area contributed by atoms with Gasteiger partial charge in [0, 0.05) is 5.56 Å². The average Bonchev–Trinajstić information content (AvgIpc) is 2.84. The Morgan fingerprint density at radius 3 is 1.92 bits per heavy atom. The standard InChI is InChI=1S/C28H25F7O/c1-2-3-15-4-6-17(7-5-15)19-8-9-20(26(34)25(19)33)18-12-23(31)28(24(32)13-18)36-14-16-10-21(29)27(35)22(30)11-16/h8-13,15,17H,2-7,14H2,1H3. The predicted molar refractivity (Wildman–Crippen MR) is 122 cm³/mol. The van der Waals surface area contributed by atoms with Crippen molar-refractivity contribution in [1.29, 1.82) is 0 Å². The fraction of sp³-hybridized carbons (Fsp3) is 0.357. The first-order chi connectivity index (χ1) is 17.2. The van der Waals surface area contributed by atoms with Gasteiger partial charge in [0.1, 0.15) is 6.61 Å². The molecular formula is C28H25F7O. The van der Waals surface area contributed by atoms with Crippen LogP contribution < -0.4 is 4.74 Å². The maximum Gasteiger partial charge on any atom is 0.194 e. The first-order valence-electron chi connectivity index (χ1n) is 11.9. The van der Waals surface area contributed by atoms with Crippen molar-refractivity contribution in [3.63, 3.8) is 0 Å². The van der Waals surface area contributed by atoms with E-state index in [0.717, 1.165) is 50.7 Å². The van der Waals surface area contributed by atoms with Gasteiger partial charge in [0.25, 0.3) is 0 Å². The Morgan fingerprint density at radius 2 is 1.33 bits per heavy atom. The highest BCUT2D eigenvalue weighted by atomic mass is 19.2. The lowest BCUT2D eigenvalue weighted by molar-refractivity contribution is 0.272. The summed E-state index contributed by atoms with van der Waals surface area (Å²) in [6.45, 7) is 1.47. The molecule has 0 spiro atoms. The Morgan fingerprint density at radius 1 is 0.722 bits per heavy atom. The molecule has 4 rings (SSSR count). The molecule has 1 aliphatic carbocycles. The Hall–Kier alpha value is -3.03. The van der Waals surface area contributed by atoms with Crippen LogP contribution in [0.25, 0.3) is 11.1 Å². The molecule has 1 fully saturated rings. The van der Waals surface area contributed by atoms with Gasteiger partial charge in [-0.25, -0.2) is 30.7 Å². The van der Waals surface area contributed by atoms with Crippen molar-refractivity contribution >= 4 is 0 Å². The third-order valence-corrected chi connectivity index (χ3v) is 6.83. The molecule has 0 aromatic heterocycles. The van der Waals surface area contributed by atoms with Crippen molar-refractivity contribution < 1.29 is 35.5 Å². The van der Waals surface area contributed by atoms with Crippen LogP contribution in [0.15, 0.2) is 36.4 Å². The van der Waals surface area contributed by atoms with Gasteiger partial charge in [-0.1, -0.05) is 31.9 Å². The maximum atomic E-state index is 15.0. The summed E-state index contributed by atoms with van der Waals surface area (Å²) in [5.74, 6) is -9.63. The Balaban J connectivity index is 1.53. The summed E-state index contributed by atoms with van der Waals surface area (Å²) in [4.78, 5) is 0. The lowest BCUT2D eigenvalue weighted by Gasteiger charge is -2.29.